The summed E-state index contributed by atoms with van der Waals surface area (Å²) in [4.78, 5) is 8.50. The number of hydrogen-bond acceptors (Lipinski definition) is 2. The molecule has 0 saturated heterocycles. The van der Waals surface area contributed by atoms with Crippen LogP contribution in [-0.2, 0) is 0 Å². The highest BCUT2D eigenvalue weighted by atomic mass is 28.3. The van der Waals surface area contributed by atoms with E-state index in [1.165, 1.54) is 54.1 Å². The summed E-state index contributed by atoms with van der Waals surface area (Å²) in [5, 5.41) is 10.3. The monoisotopic (exact) mass is 705 g/mol. The lowest BCUT2D eigenvalue weighted by Crippen LogP contribution is -2.37. The largest absolute Gasteiger partial charge is 0.310 e. The summed E-state index contributed by atoms with van der Waals surface area (Å²) in [5.74, 6) is 0. The molecule has 8 rings (SSSR count). The van der Waals surface area contributed by atoms with Crippen LogP contribution < -0.4 is 20.2 Å². The van der Waals surface area contributed by atoms with Gasteiger partial charge in [0.25, 0.3) is 0 Å². The zero-order valence-electron chi connectivity index (χ0n) is 30.8. The summed E-state index contributed by atoms with van der Waals surface area (Å²) >= 11 is 0. The zero-order valence-corrected chi connectivity index (χ0v) is 32.8. The van der Waals surface area contributed by atoms with E-state index in [1.807, 2.05) is 12.1 Å². The Morgan fingerprint density at radius 2 is 0.846 bits per heavy atom. The molecule has 0 amide bonds. The van der Waals surface area contributed by atoms with Gasteiger partial charge in [-0.15, -0.1) is 0 Å². The molecule has 0 heterocycles. The standard InChI is InChI=1S/C47H43N3Si2/c1-48-35-23-25-37(26-24-35)50(39-16-12-18-41(32-39)52(5,6)7)45-30-22-34-19-27-42-44(29-21-33-20-28-43(45)47(34)46(33)42)49(36-13-9-8-10-14-36)38-15-11-17-40(31-38)51(2,3)4/h8-32H,2-7H3. The van der Waals surface area contributed by atoms with Gasteiger partial charge in [-0.3, -0.25) is 0 Å². The van der Waals surface area contributed by atoms with Crippen LogP contribution >= 0.6 is 0 Å². The summed E-state index contributed by atoms with van der Waals surface area (Å²) in [6, 6.07) is 55.3. The van der Waals surface area contributed by atoms with E-state index in [4.69, 9.17) is 6.57 Å². The van der Waals surface area contributed by atoms with Crippen molar-refractivity contribution in [3.63, 3.8) is 0 Å². The van der Waals surface area contributed by atoms with Gasteiger partial charge in [0.15, 0.2) is 5.69 Å². The average Bonchev–Trinajstić information content (AvgIpc) is 3.15. The van der Waals surface area contributed by atoms with E-state index >= 15 is 0 Å². The van der Waals surface area contributed by atoms with Crippen molar-refractivity contribution >= 4 is 98.7 Å². The minimum absolute atomic E-state index is 0.640. The maximum atomic E-state index is 7.58. The molecule has 0 N–H and O–H groups in total. The van der Waals surface area contributed by atoms with Crippen LogP contribution in [-0.4, -0.2) is 16.1 Å². The molecule has 3 nitrogen and oxygen atoms in total. The van der Waals surface area contributed by atoms with Gasteiger partial charge in [0.1, 0.15) is 0 Å². The number of para-hydroxylation sites is 1. The maximum Gasteiger partial charge on any atom is 0.187 e. The average molecular weight is 706 g/mol. The molecule has 254 valence electrons. The highest BCUT2D eigenvalue weighted by Gasteiger charge is 2.24. The van der Waals surface area contributed by atoms with Crippen molar-refractivity contribution in [2.75, 3.05) is 9.80 Å². The van der Waals surface area contributed by atoms with Crippen LogP contribution in [0.15, 0.2) is 152 Å². The van der Waals surface area contributed by atoms with Gasteiger partial charge in [-0.2, -0.15) is 0 Å². The van der Waals surface area contributed by atoms with Crippen LogP contribution in [0.2, 0.25) is 39.3 Å². The van der Waals surface area contributed by atoms with Crippen molar-refractivity contribution in [3.05, 3.63) is 163 Å². The molecular formula is C47H43N3Si2. The molecule has 5 heteroatoms. The number of hydrogen-bond donors (Lipinski definition) is 0. The van der Waals surface area contributed by atoms with Crippen molar-refractivity contribution in [2.45, 2.75) is 39.3 Å². The second-order valence-corrected chi connectivity index (χ2v) is 26.0. The summed E-state index contributed by atoms with van der Waals surface area (Å²) in [6.45, 7) is 22.0. The molecule has 0 bridgehead atoms. The molecule has 0 saturated carbocycles. The van der Waals surface area contributed by atoms with Gasteiger partial charge in [-0.25, -0.2) is 4.85 Å². The molecule has 0 aliphatic rings. The number of nitrogens with zero attached hydrogens (tertiary/aromatic N) is 3. The van der Waals surface area contributed by atoms with Crippen molar-refractivity contribution in [1.29, 1.82) is 0 Å². The Morgan fingerprint density at radius 1 is 0.423 bits per heavy atom. The fraction of sp³-hybridized carbons (Fsp3) is 0.128. The highest BCUT2D eigenvalue weighted by molar-refractivity contribution is 6.89. The third kappa shape index (κ3) is 5.94. The first kappa shape index (κ1) is 33.5. The molecule has 0 radical (unpaired) electrons. The molecule has 52 heavy (non-hydrogen) atoms. The molecule has 0 unspecified atom stereocenters. The van der Waals surface area contributed by atoms with Gasteiger partial charge in [-0.1, -0.05) is 141 Å². The predicted octanol–water partition coefficient (Wildman–Crippen LogP) is 13.2. The van der Waals surface area contributed by atoms with Gasteiger partial charge < -0.3 is 9.80 Å². The Morgan fingerprint density at radius 3 is 1.29 bits per heavy atom. The first-order valence-corrected chi connectivity index (χ1v) is 25.1. The molecule has 0 aliphatic heterocycles. The van der Waals surface area contributed by atoms with Gasteiger partial charge in [-0.05, 0) is 82.2 Å². The van der Waals surface area contributed by atoms with E-state index in [0.717, 1.165) is 22.7 Å². The topological polar surface area (TPSA) is 10.8 Å². The number of anilines is 6. The molecule has 0 atom stereocenters. The summed E-state index contributed by atoms with van der Waals surface area (Å²) in [6.07, 6.45) is 0. The van der Waals surface area contributed by atoms with E-state index in [0.29, 0.717) is 5.69 Å². The molecule has 8 aromatic carbocycles. The van der Waals surface area contributed by atoms with Crippen molar-refractivity contribution in [2.24, 2.45) is 0 Å². The lowest BCUT2D eigenvalue weighted by atomic mass is 9.91. The summed E-state index contributed by atoms with van der Waals surface area (Å²) in [7, 11) is -3.15. The fourth-order valence-electron chi connectivity index (χ4n) is 7.49. The second-order valence-electron chi connectivity index (χ2n) is 15.8. The smallest absolute Gasteiger partial charge is 0.187 e. The van der Waals surface area contributed by atoms with Crippen molar-refractivity contribution < 1.29 is 0 Å². The molecule has 8 aromatic rings. The molecule has 0 spiro atoms. The Kier molecular flexibility index (Phi) is 8.25. The second kappa shape index (κ2) is 12.8. The first-order chi connectivity index (χ1) is 25.0. The van der Waals surface area contributed by atoms with Crippen LogP contribution in [0.1, 0.15) is 0 Å². The van der Waals surface area contributed by atoms with Gasteiger partial charge >= 0.3 is 0 Å². The third-order valence-corrected chi connectivity index (χ3v) is 14.4. The molecule has 0 aromatic heterocycles. The molecule has 0 aliphatic carbocycles. The van der Waals surface area contributed by atoms with Crippen molar-refractivity contribution in [3.8, 4) is 0 Å². The normalized spacial score (nSPS) is 12.0. The van der Waals surface area contributed by atoms with Crippen LogP contribution in [0.5, 0.6) is 0 Å². The first-order valence-electron chi connectivity index (χ1n) is 18.1. The maximum absolute atomic E-state index is 7.58. The zero-order chi connectivity index (χ0) is 36.2. The summed E-state index contributed by atoms with van der Waals surface area (Å²) < 4.78 is 0. The lowest BCUT2D eigenvalue weighted by molar-refractivity contribution is 1.30. The highest BCUT2D eigenvalue weighted by Crippen LogP contribution is 2.47. The minimum atomic E-state index is -1.59. The molecule has 0 fully saturated rings. The Hall–Kier alpha value is -5.68. The third-order valence-electron chi connectivity index (χ3n) is 10.3. The van der Waals surface area contributed by atoms with E-state index in [2.05, 4.69) is 193 Å². The fourth-order valence-corrected chi connectivity index (χ4v) is 9.85. The van der Waals surface area contributed by atoms with E-state index in [-0.39, 0.29) is 0 Å². The minimum Gasteiger partial charge on any atom is -0.310 e. The van der Waals surface area contributed by atoms with E-state index in [1.54, 1.807) is 0 Å². The van der Waals surface area contributed by atoms with Gasteiger partial charge in [0.05, 0.1) is 34.1 Å². The predicted molar refractivity (Wildman–Crippen MR) is 232 cm³/mol. The Balaban J connectivity index is 1.39. The van der Waals surface area contributed by atoms with Crippen LogP contribution in [0, 0.1) is 6.57 Å². The van der Waals surface area contributed by atoms with Gasteiger partial charge in [0.2, 0.25) is 0 Å². The number of rotatable bonds is 8. The van der Waals surface area contributed by atoms with E-state index in [9.17, 15) is 0 Å². The quantitative estimate of drug-likeness (QED) is 0.0885. The van der Waals surface area contributed by atoms with E-state index < -0.39 is 16.1 Å². The van der Waals surface area contributed by atoms with Crippen LogP contribution in [0.4, 0.5) is 39.8 Å². The summed E-state index contributed by atoms with van der Waals surface area (Å²) in [5.41, 5.74) is 7.41. The Labute approximate surface area is 309 Å². The SMILES string of the molecule is [C-]#[N+]c1ccc(N(c2cccc([Si](C)(C)C)c2)c2ccc3ccc4c(N(c5ccccc5)c5cccc([Si](C)(C)C)c5)ccc5ccc2c3c54)cc1. The van der Waals surface area contributed by atoms with Gasteiger partial charge in [0, 0.05) is 33.5 Å². The lowest BCUT2D eigenvalue weighted by Gasteiger charge is -2.30. The number of benzene rings is 8. The van der Waals surface area contributed by atoms with Crippen LogP contribution in [0.25, 0.3) is 37.2 Å². The van der Waals surface area contributed by atoms with Crippen LogP contribution in [0.3, 0.4) is 0 Å². The Bertz CT molecular complexity index is 2610. The molecular weight excluding hydrogens is 663 g/mol. The van der Waals surface area contributed by atoms with Crippen molar-refractivity contribution in [1.82, 2.24) is 0 Å².